The highest BCUT2D eigenvalue weighted by molar-refractivity contribution is 7.07. The first kappa shape index (κ1) is 17.2. The van der Waals surface area contributed by atoms with E-state index in [-0.39, 0.29) is 0 Å². The van der Waals surface area contributed by atoms with Crippen molar-refractivity contribution >= 4 is 52.4 Å². The lowest BCUT2D eigenvalue weighted by Crippen LogP contribution is -2.11. The summed E-state index contributed by atoms with van der Waals surface area (Å²) in [6, 6.07) is 12.8. The molecule has 3 rings (SSSR count). The van der Waals surface area contributed by atoms with Crippen molar-refractivity contribution in [3.05, 3.63) is 73.3 Å². The van der Waals surface area contributed by atoms with Crippen LogP contribution in [-0.2, 0) is 0 Å². The Hall–Kier alpha value is -1.59. The molecule has 0 bridgehead atoms. The van der Waals surface area contributed by atoms with Gasteiger partial charge in [-0.15, -0.1) is 11.3 Å². The maximum atomic E-state index is 6.33. The molecule has 122 valence electrons. The van der Waals surface area contributed by atoms with Gasteiger partial charge in [-0.3, -0.25) is 4.99 Å². The number of nitrogens with zero attached hydrogens (tertiary/aromatic N) is 3. The maximum Gasteiger partial charge on any atom is 0.205 e. The molecular weight excluding hydrogens is 385 g/mol. The van der Waals surface area contributed by atoms with Crippen molar-refractivity contribution in [2.75, 3.05) is 7.05 Å². The lowest BCUT2D eigenvalue weighted by molar-refractivity contribution is 0.848. The van der Waals surface area contributed by atoms with Crippen LogP contribution >= 0.6 is 46.1 Å². The smallest absolute Gasteiger partial charge is 0.205 e. The Kier molecular flexibility index (Phi) is 5.41. The highest BCUT2D eigenvalue weighted by Crippen LogP contribution is 2.30. The van der Waals surface area contributed by atoms with E-state index < -0.39 is 0 Å². The number of hydrogen-bond acceptors (Lipinski definition) is 3. The number of benzene rings is 2. The summed E-state index contributed by atoms with van der Waals surface area (Å²) in [7, 11) is 1.73. The third-order valence-electron chi connectivity index (χ3n) is 3.27. The monoisotopic (exact) mass is 395 g/mol. The van der Waals surface area contributed by atoms with Gasteiger partial charge in [0.15, 0.2) is 0 Å². The third-order valence-corrected chi connectivity index (χ3v) is 5.00. The number of rotatable bonds is 3. The second kappa shape index (κ2) is 7.53. The molecule has 3 aromatic rings. The van der Waals surface area contributed by atoms with Crippen molar-refractivity contribution in [2.24, 2.45) is 10.1 Å². The van der Waals surface area contributed by atoms with Crippen LogP contribution in [0.2, 0.25) is 15.1 Å². The molecule has 2 aromatic carbocycles. The van der Waals surface area contributed by atoms with Crippen LogP contribution in [0.25, 0.3) is 11.3 Å². The molecule has 0 radical (unpaired) electrons. The van der Waals surface area contributed by atoms with Crippen molar-refractivity contribution in [1.82, 2.24) is 4.68 Å². The lowest BCUT2D eigenvalue weighted by Gasteiger charge is -2.06. The largest absolute Gasteiger partial charge is 0.261 e. The molecule has 0 spiro atoms. The van der Waals surface area contributed by atoms with Crippen molar-refractivity contribution in [2.45, 2.75) is 0 Å². The average molecular weight is 397 g/mol. The predicted molar refractivity (Wildman–Crippen MR) is 104 cm³/mol. The zero-order valence-corrected chi connectivity index (χ0v) is 15.7. The highest BCUT2D eigenvalue weighted by Gasteiger charge is 2.11. The molecule has 0 atom stereocenters. The summed E-state index contributed by atoms with van der Waals surface area (Å²) < 4.78 is 1.75. The quantitative estimate of drug-likeness (QED) is 0.517. The summed E-state index contributed by atoms with van der Waals surface area (Å²) in [5.74, 6) is 0. The number of hydrogen-bond donors (Lipinski definition) is 0. The summed E-state index contributed by atoms with van der Waals surface area (Å²) in [6.07, 6.45) is 1.75. The molecule has 0 amide bonds. The Morgan fingerprint density at radius 2 is 1.71 bits per heavy atom. The molecule has 7 heteroatoms. The Morgan fingerprint density at radius 3 is 2.42 bits per heavy atom. The highest BCUT2D eigenvalue weighted by atomic mass is 35.5. The molecule has 0 saturated carbocycles. The third kappa shape index (κ3) is 3.73. The van der Waals surface area contributed by atoms with E-state index in [1.165, 1.54) is 11.3 Å². The number of thiazole rings is 1. The standard InChI is InChI=1S/C17H12Cl3N3S/c1-21-17-23(22-9-11-2-4-12(18)5-3-11)16(10-24-17)14-8-13(19)6-7-15(14)20/h2-10H,1H3. The maximum absolute atomic E-state index is 6.33. The van der Waals surface area contributed by atoms with Crippen LogP contribution in [0.1, 0.15) is 5.56 Å². The van der Waals surface area contributed by atoms with Gasteiger partial charge in [-0.1, -0.05) is 46.9 Å². The van der Waals surface area contributed by atoms with Gasteiger partial charge in [0.25, 0.3) is 0 Å². The fraction of sp³-hybridized carbons (Fsp3) is 0.0588. The SMILES string of the molecule is CN=c1scc(-c2cc(Cl)ccc2Cl)n1N=Cc1ccc(Cl)cc1. The van der Waals surface area contributed by atoms with Crippen LogP contribution < -0.4 is 4.80 Å². The van der Waals surface area contributed by atoms with Crippen molar-refractivity contribution < 1.29 is 0 Å². The van der Waals surface area contributed by atoms with Crippen LogP contribution in [0.3, 0.4) is 0 Å². The van der Waals surface area contributed by atoms with Gasteiger partial charge in [-0.25, -0.2) is 4.68 Å². The summed E-state index contributed by atoms with van der Waals surface area (Å²) in [6.45, 7) is 0. The van der Waals surface area contributed by atoms with Crippen molar-refractivity contribution in [1.29, 1.82) is 0 Å². The molecule has 0 N–H and O–H groups in total. The van der Waals surface area contributed by atoms with E-state index in [0.29, 0.717) is 15.1 Å². The molecule has 1 aromatic heterocycles. The zero-order valence-electron chi connectivity index (χ0n) is 12.6. The first-order valence-corrected chi connectivity index (χ1v) is 8.98. The molecule has 0 saturated heterocycles. The molecule has 0 aliphatic rings. The average Bonchev–Trinajstić information content (AvgIpc) is 2.99. The molecule has 0 fully saturated rings. The van der Waals surface area contributed by atoms with E-state index in [1.54, 1.807) is 30.1 Å². The zero-order chi connectivity index (χ0) is 17.1. The van der Waals surface area contributed by atoms with Gasteiger partial charge in [0.1, 0.15) is 0 Å². The van der Waals surface area contributed by atoms with Crippen molar-refractivity contribution in [3.63, 3.8) is 0 Å². The van der Waals surface area contributed by atoms with E-state index >= 15 is 0 Å². The second-order valence-corrected chi connectivity index (χ2v) is 6.98. The number of halogens is 3. The molecule has 1 heterocycles. The minimum Gasteiger partial charge on any atom is -0.261 e. The number of aromatic nitrogens is 1. The van der Waals surface area contributed by atoms with Crippen molar-refractivity contribution in [3.8, 4) is 11.3 Å². The molecule has 0 aliphatic heterocycles. The lowest BCUT2D eigenvalue weighted by atomic mass is 10.2. The van der Waals surface area contributed by atoms with E-state index in [2.05, 4.69) is 10.1 Å². The minimum absolute atomic E-state index is 0.607. The molecule has 3 nitrogen and oxygen atoms in total. The minimum atomic E-state index is 0.607. The Bertz CT molecular complexity index is 956. The Morgan fingerprint density at radius 1 is 1.00 bits per heavy atom. The fourth-order valence-electron chi connectivity index (χ4n) is 2.12. The van der Waals surface area contributed by atoms with Crippen LogP contribution in [0, 0.1) is 0 Å². The second-order valence-electron chi connectivity index (χ2n) is 4.86. The molecule has 24 heavy (non-hydrogen) atoms. The first-order valence-electron chi connectivity index (χ1n) is 6.97. The molecule has 0 unspecified atom stereocenters. The van der Waals surface area contributed by atoms with E-state index in [9.17, 15) is 0 Å². The topological polar surface area (TPSA) is 29.6 Å². The van der Waals surface area contributed by atoms with Crippen LogP contribution in [0.4, 0.5) is 0 Å². The Labute approximate surface area is 158 Å². The van der Waals surface area contributed by atoms with Gasteiger partial charge < -0.3 is 0 Å². The summed E-state index contributed by atoms with van der Waals surface area (Å²) >= 11 is 19.8. The molecular formula is C17H12Cl3N3S. The van der Waals surface area contributed by atoms with Gasteiger partial charge in [0.05, 0.1) is 16.9 Å². The van der Waals surface area contributed by atoms with Crippen LogP contribution in [0.5, 0.6) is 0 Å². The van der Waals surface area contributed by atoms with E-state index in [1.807, 2.05) is 35.7 Å². The van der Waals surface area contributed by atoms with Gasteiger partial charge in [-0.2, -0.15) is 5.10 Å². The van der Waals surface area contributed by atoms with E-state index in [4.69, 9.17) is 34.8 Å². The first-order chi connectivity index (χ1) is 11.6. The Balaban J connectivity index is 2.09. The predicted octanol–water partition coefficient (Wildman–Crippen LogP) is 5.59. The summed E-state index contributed by atoms with van der Waals surface area (Å²) in [5, 5.41) is 8.41. The summed E-state index contributed by atoms with van der Waals surface area (Å²) in [4.78, 5) is 5.02. The van der Waals surface area contributed by atoms with Gasteiger partial charge in [0, 0.05) is 28.0 Å². The van der Waals surface area contributed by atoms with Gasteiger partial charge in [0.2, 0.25) is 4.80 Å². The fourth-order valence-corrected chi connectivity index (χ4v) is 3.42. The normalized spacial score (nSPS) is 12.2. The van der Waals surface area contributed by atoms with Crippen LogP contribution in [-0.4, -0.2) is 17.9 Å². The van der Waals surface area contributed by atoms with Crippen LogP contribution in [0.15, 0.2) is 57.9 Å². The van der Waals surface area contributed by atoms with E-state index in [0.717, 1.165) is 21.6 Å². The van der Waals surface area contributed by atoms with Gasteiger partial charge in [-0.05, 0) is 35.9 Å². The van der Waals surface area contributed by atoms with Gasteiger partial charge >= 0.3 is 0 Å². The molecule has 0 aliphatic carbocycles. The summed E-state index contributed by atoms with van der Waals surface area (Å²) in [5.41, 5.74) is 2.57.